The van der Waals surface area contributed by atoms with Gasteiger partial charge < -0.3 is 10.2 Å². The Labute approximate surface area is 134 Å². The van der Waals surface area contributed by atoms with E-state index in [2.05, 4.69) is 34.5 Å². The number of rotatable bonds is 2. The maximum absolute atomic E-state index is 3.65. The molecule has 2 bridgehead atoms. The lowest BCUT2D eigenvalue weighted by Crippen LogP contribution is -2.45. The number of hydrogen-bond acceptors (Lipinski definition) is 2. The average Bonchev–Trinajstić information content (AvgIpc) is 3.25. The number of benzene rings is 1. The van der Waals surface area contributed by atoms with Gasteiger partial charge in [0, 0.05) is 24.2 Å². The molecule has 22 heavy (non-hydrogen) atoms. The second kappa shape index (κ2) is 4.99. The third-order valence-electron chi connectivity index (χ3n) is 7.31. The smallest absolute Gasteiger partial charge is 0.0379 e. The van der Waals surface area contributed by atoms with Gasteiger partial charge in [0.25, 0.3) is 0 Å². The zero-order valence-corrected chi connectivity index (χ0v) is 13.6. The summed E-state index contributed by atoms with van der Waals surface area (Å²) in [5.41, 5.74) is 3.42. The van der Waals surface area contributed by atoms with E-state index in [0.29, 0.717) is 5.41 Å². The first-order chi connectivity index (χ1) is 10.8. The SMILES string of the molecule is c1ccc2c(c1)NCC21CCN(CC2CC3CCC2C3)CC1. The summed E-state index contributed by atoms with van der Waals surface area (Å²) in [6, 6.07) is 9.00. The summed E-state index contributed by atoms with van der Waals surface area (Å²) in [6.45, 7) is 5.18. The molecule has 1 saturated heterocycles. The summed E-state index contributed by atoms with van der Waals surface area (Å²) in [6.07, 6.45) is 8.85. The Bertz CT molecular complexity index is 559. The molecule has 3 fully saturated rings. The highest BCUT2D eigenvalue weighted by molar-refractivity contribution is 5.60. The van der Waals surface area contributed by atoms with Gasteiger partial charge in [-0.25, -0.2) is 0 Å². The van der Waals surface area contributed by atoms with E-state index in [1.807, 2.05) is 0 Å². The summed E-state index contributed by atoms with van der Waals surface area (Å²) in [5, 5.41) is 3.65. The Balaban J connectivity index is 1.24. The first-order valence-electron chi connectivity index (χ1n) is 9.38. The first kappa shape index (κ1) is 13.4. The standard InChI is InChI=1S/C20H28N2/c1-2-4-19-18(3-1)20(14-21-19)7-9-22(10-8-20)13-17-12-15-5-6-16(17)11-15/h1-4,15-17,21H,5-14H2. The van der Waals surface area contributed by atoms with Crippen LogP contribution in [0.25, 0.3) is 0 Å². The van der Waals surface area contributed by atoms with Crippen LogP contribution in [0.5, 0.6) is 0 Å². The molecule has 1 aromatic rings. The second-order valence-electron chi connectivity index (χ2n) is 8.42. The lowest BCUT2D eigenvalue weighted by atomic mass is 9.74. The van der Waals surface area contributed by atoms with Gasteiger partial charge in [0.2, 0.25) is 0 Å². The Morgan fingerprint density at radius 2 is 1.95 bits per heavy atom. The molecule has 0 aromatic heterocycles. The molecule has 2 heterocycles. The van der Waals surface area contributed by atoms with E-state index in [0.717, 1.165) is 24.3 Å². The third-order valence-corrected chi connectivity index (χ3v) is 7.31. The summed E-state index contributed by atoms with van der Waals surface area (Å²) in [4.78, 5) is 2.79. The summed E-state index contributed by atoms with van der Waals surface area (Å²) < 4.78 is 0. The predicted octanol–water partition coefficient (Wildman–Crippen LogP) is 3.88. The molecule has 1 spiro atoms. The van der Waals surface area contributed by atoms with Crippen LogP contribution in [0, 0.1) is 17.8 Å². The van der Waals surface area contributed by atoms with Crippen LogP contribution in [0.2, 0.25) is 0 Å². The largest absolute Gasteiger partial charge is 0.384 e. The minimum atomic E-state index is 0.432. The minimum Gasteiger partial charge on any atom is -0.384 e. The van der Waals surface area contributed by atoms with Crippen molar-refractivity contribution in [2.75, 3.05) is 31.5 Å². The molecule has 1 N–H and O–H groups in total. The molecule has 2 saturated carbocycles. The first-order valence-corrected chi connectivity index (χ1v) is 9.38. The molecular formula is C20H28N2. The fourth-order valence-corrected chi connectivity index (χ4v) is 6.00. The molecule has 2 nitrogen and oxygen atoms in total. The zero-order valence-electron chi connectivity index (χ0n) is 13.6. The molecule has 0 radical (unpaired) electrons. The van der Waals surface area contributed by atoms with Crippen molar-refractivity contribution in [2.24, 2.45) is 17.8 Å². The Kier molecular flexibility index (Phi) is 3.04. The molecule has 2 aliphatic heterocycles. The van der Waals surface area contributed by atoms with Crippen molar-refractivity contribution in [3.05, 3.63) is 29.8 Å². The van der Waals surface area contributed by atoms with Crippen LogP contribution in [0.4, 0.5) is 5.69 Å². The molecule has 0 amide bonds. The van der Waals surface area contributed by atoms with Gasteiger partial charge in [-0.1, -0.05) is 24.6 Å². The van der Waals surface area contributed by atoms with Crippen LogP contribution in [0.1, 0.15) is 44.1 Å². The lowest BCUT2D eigenvalue weighted by Gasteiger charge is -2.41. The Morgan fingerprint density at radius 3 is 2.73 bits per heavy atom. The number of piperidine rings is 1. The number of hydrogen-bond donors (Lipinski definition) is 1. The van der Waals surface area contributed by atoms with Crippen molar-refractivity contribution in [2.45, 2.75) is 43.9 Å². The zero-order chi connectivity index (χ0) is 14.6. The Morgan fingerprint density at radius 1 is 1.09 bits per heavy atom. The van der Waals surface area contributed by atoms with Crippen molar-refractivity contribution < 1.29 is 0 Å². The molecular weight excluding hydrogens is 268 g/mol. The number of likely N-dealkylation sites (tertiary alicyclic amines) is 1. The predicted molar refractivity (Wildman–Crippen MR) is 91.2 cm³/mol. The quantitative estimate of drug-likeness (QED) is 0.891. The molecule has 2 aliphatic carbocycles. The van der Waals surface area contributed by atoms with E-state index in [-0.39, 0.29) is 0 Å². The number of nitrogens with one attached hydrogen (secondary N) is 1. The number of para-hydroxylation sites is 1. The van der Waals surface area contributed by atoms with E-state index in [4.69, 9.17) is 0 Å². The van der Waals surface area contributed by atoms with Gasteiger partial charge >= 0.3 is 0 Å². The van der Waals surface area contributed by atoms with Crippen molar-refractivity contribution >= 4 is 5.69 Å². The fraction of sp³-hybridized carbons (Fsp3) is 0.700. The van der Waals surface area contributed by atoms with Crippen molar-refractivity contribution in [1.29, 1.82) is 0 Å². The highest BCUT2D eigenvalue weighted by Gasteiger charge is 2.43. The topological polar surface area (TPSA) is 15.3 Å². The molecule has 1 aromatic carbocycles. The van der Waals surface area contributed by atoms with E-state index >= 15 is 0 Å². The highest BCUT2D eigenvalue weighted by atomic mass is 15.1. The van der Waals surface area contributed by atoms with Gasteiger partial charge in [-0.3, -0.25) is 0 Å². The van der Waals surface area contributed by atoms with Gasteiger partial charge in [-0.2, -0.15) is 0 Å². The molecule has 2 heteroatoms. The third kappa shape index (κ3) is 2.03. The van der Waals surface area contributed by atoms with E-state index in [1.165, 1.54) is 57.4 Å². The van der Waals surface area contributed by atoms with Gasteiger partial charge in [0.1, 0.15) is 0 Å². The Hall–Kier alpha value is -1.02. The summed E-state index contributed by atoms with van der Waals surface area (Å²) in [7, 11) is 0. The van der Waals surface area contributed by atoms with Crippen LogP contribution in [0.15, 0.2) is 24.3 Å². The fourth-order valence-electron chi connectivity index (χ4n) is 6.00. The normalized spacial score (nSPS) is 35.7. The molecule has 4 aliphatic rings. The van der Waals surface area contributed by atoms with Gasteiger partial charge in [-0.05, 0) is 74.6 Å². The van der Waals surface area contributed by atoms with E-state index < -0.39 is 0 Å². The van der Waals surface area contributed by atoms with Crippen molar-refractivity contribution in [1.82, 2.24) is 4.90 Å². The molecule has 118 valence electrons. The second-order valence-corrected chi connectivity index (χ2v) is 8.42. The number of fused-ring (bicyclic) bond motifs is 4. The minimum absolute atomic E-state index is 0.432. The van der Waals surface area contributed by atoms with Crippen molar-refractivity contribution in [3.8, 4) is 0 Å². The van der Waals surface area contributed by atoms with Gasteiger partial charge in [-0.15, -0.1) is 0 Å². The van der Waals surface area contributed by atoms with Gasteiger partial charge in [0.05, 0.1) is 0 Å². The number of anilines is 1. The average molecular weight is 296 g/mol. The monoisotopic (exact) mass is 296 g/mol. The maximum Gasteiger partial charge on any atom is 0.0379 e. The molecule has 3 atom stereocenters. The van der Waals surface area contributed by atoms with Gasteiger partial charge in [0.15, 0.2) is 0 Å². The molecule has 5 rings (SSSR count). The van der Waals surface area contributed by atoms with Crippen LogP contribution >= 0.6 is 0 Å². The maximum atomic E-state index is 3.65. The van der Waals surface area contributed by atoms with Crippen LogP contribution < -0.4 is 5.32 Å². The highest BCUT2D eigenvalue weighted by Crippen LogP contribution is 2.49. The van der Waals surface area contributed by atoms with Crippen LogP contribution in [-0.2, 0) is 5.41 Å². The number of nitrogens with zero attached hydrogens (tertiary/aromatic N) is 1. The van der Waals surface area contributed by atoms with Crippen LogP contribution in [-0.4, -0.2) is 31.1 Å². The molecule has 3 unspecified atom stereocenters. The summed E-state index contributed by atoms with van der Waals surface area (Å²) >= 11 is 0. The van der Waals surface area contributed by atoms with Crippen LogP contribution in [0.3, 0.4) is 0 Å². The summed E-state index contributed by atoms with van der Waals surface area (Å²) in [5.74, 6) is 3.20. The van der Waals surface area contributed by atoms with E-state index in [9.17, 15) is 0 Å². The van der Waals surface area contributed by atoms with E-state index in [1.54, 1.807) is 12.0 Å². The van der Waals surface area contributed by atoms with Crippen molar-refractivity contribution in [3.63, 3.8) is 0 Å². The lowest BCUT2D eigenvalue weighted by molar-refractivity contribution is 0.129.